The molecule has 20 heavy (non-hydrogen) atoms. The van der Waals surface area contributed by atoms with Gasteiger partial charge in [0.05, 0.1) is 24.0 Å². The Bertz CT molecular complexity index is 536. The number of carbonyl (C=O) groups is 1. The molecule has 1 atom stereocenters. The van der Waals surface area contributed by atoms with Crippen LogP contribution in [-0.4, -0.2) is 16.1 Å². The van der Waals surface area contributed by atoms with Crippen LogP contribution >= 0.6 is 0 Å². The van der Waals surface area contributed by atoms with E-state index in [1.165, 1.54) is 5.56 Å². The van der Waals surface area contributed by atoms with Crippen LogP contribution in [0.3, 0.4) is 0 Å². The summed E-state index contributed by atoms with van der Waals surface area (Å²) in [5, 5.41) is 19.6. The van der Waals surface area contributed by atoms with E-state index in [1.807, 2.05) is 6.20 Å². The van der Waals surface area contributed by atoms with Crippen LogP contribution in [-0.2, 0) is 11.2 Å². The number of aryl methyl sites for hydroxylation is 1. The van der Waals surface area contributed by atoms with Gasteiger partial charge in [-0.15, -0.1) is 0 Å². The number of nitriles is 1. The number of carbonyl (C=O) groups excluding carboxylic acids is 1. The largest absolute Gasteiger partial charge is 0.346 e. The van der Waals surface area contributed by atoms with Crippen molar-refractivity contribution in [2.45, 2.75) is 57.4 Å². The van der Waals surface area contributed by atoms with Crippen molar-refractivity contribution in [1.29, 1.82) is 5.26 Å². The molecule has 106 valence electrons. The van der Waals surface area contributed by atoms with Crippen LogP contribution in [0.5, 0.6) is 0 Å². The van der Waals surface area contributed by atoms with Crippen LogP contribution in [0.4, 0.5) is 0 Å². The molecule has 2 aliphatic rings. The van der Waals surface area contributed by atoms with Gasteiger partial charge in [0.1, 0.15) is 5.41 Å². The number of aromatic amines is 1. The first-order chi connectivity index (χ1) is 9.75. The molecule has 1 unspecified atom stereocenters. The lowest BCUT2D eigenvalue weighted by atomic mass is 9.74. The average molecular weight is 272 g/mol. The molecule has 2 N–H and O–H groups in total. The first kappa shape index (κ1) is 13.2. The monoisotopic (exact) mass is 272 g/mol. The van der Waals surface area contributed by atoms with E-state index in [-0.39, 0.29) is 11.9 Å². The van der Waals surface area contributed by atoms with Crippen LogP contribution in [0.15, 0.2) is 6.20 Å². The van der Waals surface area contributed by atoms with Crippen molar-refractivity contribution >= 4 is 5.91 Å². The van der Waals surface area contributed by atoms with Crippen LogP contribution in [0.25, 0.3) is 0 Å². The van der Waals surface area contributed by atoms with Gasteiger partial charge in [-0.1, -0.05) is 19.3 Å². The second-order valence-electron chi connectivity index (χ2n) is 5.98. The van der Waals surface area contributed by atoms with Crippen LogP contribution in [0.2, 0.25) is 0 Å². The van der Waals surface area contributed by atoms with E-state index < -0.39 is 5.41 Å². The molecule has 1 fully saturated rings. The van der Waals surface area contributed by atoms with Crippen molar-refractivity contribution < 1.29 is 4.79 Å². The van der Waals surface area contributed by atoms with Crippen molar-refractivity contribution in [1.82, 2.24) is 15.5 Å². The quantitative estimate of drug-likeness (QED) is 0.867. The number of amides is 1. The highest BCUT2D eigenvalue weighted by molar-refractivity contribution is 5.85. The number of nitrogens with one attached hydrogen (secondary N) is 2. The molecular weight excluding hydrogens is 252 g/mol. The number of hydrogen-bond donors (Lipinski definition) is 2. The lowest BCUT2D eigenvalue weighted by molar-refractivity contribution is -0.130. The second-order valence-corrected chi connectivity index (χ2v) is 5.98. The van der Waals surface area contributed by atoms with Gasteiger partial charge in [-0.3, -0.25) is 9.89 Å². The Morgan fingerprint density at radius 2 is 2.20 bits per heavy atom. The summed E-state index contributed by atoms with van der Waals surface area (Å²) < 4.78 is 0. The normalized spacial score (nSPS) is 24.4. The maximum atomic E-state index is 12.6. The van der Waals surface area contributed by atoms with Gasteiger partial charge in [0, 0.05) is 0 Å². The summed E-state index contributed by atoms with van der Waals surface area (Å²) in [4.78, 5) is 12.6. The Labute approximate surface area is 118 Å². The van der Waals surface area contributed by atoms with Crippen LogP contribution < -0.4 is 5.32 Å². The summed E-state index contributed by atoms with van der Waals surface area (Å²) in [7, 11) is 0. The maximum absolute atomic E-state index is 12.6. The molecule has 0 aromatic carbocycles. The molecule has 0 saturated heterocycles. The highest BCUT2D eigenvalue weighted by atomic mass is 16.2. The number of fused-ring (bicyclic) bond motifs is 1. The van der Waals surface area contributed by atoms with Gasteiger partial charge in [0.25, 0.3) is 0 Å². The van der Waals surface area contributed by atoms with E-state index in [0.717, 1.165) is 44.2 Å². The van der Waals surface area contributed by atoms with E-state index in [0.29, 0.717) is 12.8 Å². The van der Waals surface area contributed by atoms with E-state index in [2.05, 4.69) is 21.6 Å². The van der Waals surface area contributed by atoms with Gasteiger partial charge in [0.15, 0.2) is 0 Å². The molecular formula is C15H20N4O. The highest BCUT2D eigenvalue weighted by Gasteiger charge is 2.41. The van der Waals surface area contributed by atoms with Gasteiger partial charge >= 0.3 is 0 Å². The summed E-state index contributed by atoms with van der Waals surface area (Å²) in [5.74, 6) is -0.0906. The molecule has 0 aliphatic heterocycles. The smallest absolute Gasteiger partial charge is 0.241 e. The standard InChI is InChI=1S/C15H20N4O/c16-10-15(7-2-1-3-8-15)14(20)18-12-6-4-5-11-9-17-19-13(11)12/h9,12H,1-8H2,(H,17,19)(H,18,20). The Balaban J connectivity index is 1.75. The third kappa shape index (κ3) is 2.20. The fourth-order valence-corrected chi connectivity index (χ4v) is 3.45. The predicted molar refractivity (Wildman–Crippen MR) is 73.5 cm³/mol. The third-order valence-corrected chi connectivity index (χ3v) is 4.70. The van der Waals surface area contributed by atoms with E-state index in [9.17, 15) is 10.1 Å². The van der Waals surface area contributed by atoms with Gasteiger partial charge < -0.3 is 5.32 Å². The molecule has 1 aromatic heterocycles. The molecule has 5 nitrogen and oxygen atoms in total. The fraction of sp³-hybridized carbons (Fsp3) is 0.667. The number of aromatic nitrogens is 2. The highest BCUT2D eigenvalue weighted by Crippen LogP contribution is 2.37. The summed E-state index contributed by atoms with van der Waals surface area (Å²) in [5.41, 5.74) is 1.40. The summed E-state index contributed by atoms with van der Waals surface area (Å²) in [6.07, 6.45) is 9.29. The zero-order valence-corrected chi connectivity index (χ0v) is 11.6. The average Bonchev–Trinajstić information content (AvgIpc) is 2.97. The number of H-pyrrole nitrogens is 1. The lowest BCUT2D eigenvalue weighted by Crippen LogP contribution is -2.43. The van der Waals surface area contributed by atoms with Crippen LogP contribution in [0, 0.1) is 16.7 Å². The molecule has 1 saturated carbocycles. The molecule has 2 aliphatic carbocycles. The Morgan fingerprint density at radius 1 is 1.40 bits per heavy atom. The zero-order chi connectivity index (χ0) is 14.0. The second kappa shape index (κ2) is 5.28. The Hall–Kier alpha value is -1.83. The summed E-state index contributed by atoms with van der Waals surface area (Å²) in [6.45, 7) is 0. The van der Waals surface area contributed by atoms with Crippen molar-refractivity contribution in [2.75, 3.05) is 0 Å². The zero-order valence-electron chi connectivity index (χ0n) is 11.6. The SMILES string of the molecule is N#CC1(C(=O)NC2CCCc3cn[nH]c32)CCCCC1. The molecule has 0 radical (unpaired) electrons. The molecule has 0 bridgehead atoms. The van der Waals surface area contributed by atoms with Crippen molar-refractivity contribution in [3.05, 3.63) is 17.5 Å². The summed E-state index contributed by atoms with van der Waals surface area (Å²) >= 11 is 0. The molecule has 1 aromatic rings. The lowest BCUT2D eigenvalue weighted by Gasteiger charge is -2.32. The number of rotatable bonds is 2. The topological polar surface area (TPSA) is 81.6 Å². The van der Waals surface area contributed by atoms with Crippen molar-refractivity contribution in [2.24, 2.45) is 5.41 Å². The van der Waals surface area contributed by atoms with E-state index >= 15 is 0 Å². The molecule has 0 spiro atoms. The Kier molecular flexibility index (Phi) is 3.47. The Morgan fingerprint density at radius 3 is 2.95 bits per heavy atom. The third-order valence-electron chi connectivity index (χ3n) is 4.70. The maximum Gasteiger partial charge on any atom is 0.241 e. The van der Waals surface area contributed by atoms with Crippen molar-refractivity contribution in [3.63, 3.8) is 0 Å². The van der Waals surface area contributed by atoms with Gasteiger partial charge in [-0.05, 0) is 37.7 Å². The van der Waals surface area contributed by atoms with Crippen molar-refractivity contribution in [3.8, 4) is 6.07 Å². The molecule has 3 rings (SSSR count). The molecule has 1 heterocycles. The van der Waals surface area contributed by atoms with Gasteiger partial charge in [-0.2, -0.15) is 10.4 Å². The summed E-state index contributed by atoms with van der Waals surface area (Å²) in [6, 6.07) is 2.27. The first-order valence-electron chi connectivity index (χ1n) is 7.49. The van der Waals surface area contributed by atoms with E-state index in [4.69, 9.17) is 0 Å². The molecule has 1 amide bonds. The van der Waals surface area contributed by atoms with E-state index in [1.54, 1.807) is 0 Å². The predicted octanol–water partition coefficient (Wildman–Crippen LogP) is 2.38. The van der Waals surface area contributed by atoms with Gasteiger partial charge in [0.2, 0.25) is 5.91 Å². The fourth-order valence-electron chi connectivity index (χ4n) is 3.45. The number of hydrogen-bond acceptors (Lipinski definition) is 3. The van der Waals surface area contributed by atoms with Gasteiger partial charge in [-0.25, -0.2) is 0 Å². The molecule has 5 heteroatoms. The minimum atomic E-state index is -0.810. The van der Waals surface area contributed by atoms with Crippen LogP contribution in [0.1, 0.15) is 62.2 Å². The minimum Gasteiger partial charge on any atom is -0.346 e. The minimum absolute atomic E-state index is 0.0131. The first-order valence-corrected chi connectivity index (χ1v) is 7.49. The number of nitrogens with zero attached hydrogens (tertiary/aromatic N) is 2.